The maximum absolute atomic E-state index is 3.57. The van der Waals surface area contributed by atoms with Gasteiger partial charge in [-0.3, -0.25) is 0 Å². The molecule has 2 aliphatic carbocycles. The maximum Gasteiger partial charge on any atom is 0.0178 e. The van der Waals surface area contributed by atoms with E-state index in [0.29, 0.717) is 5.41 Å². The number of halogens is 1. The predicted octanol–water partition coefficient (Wildman–Crippen LogP) is 3.82. The minimum absolute atomic E-state index is 0.610. The van der Waals surface area contributed by atoms with Gasteiger partial charge in [0.1, 0.15) is 0 Å². The van der Waals surface area contributed by atoms with Crippen LogP contribution in [0.4, 0.5) is 0 Å². The first kappa shape index (κ1) is 8.05. The molecule has 0 bridgehead atoms. The van der Waals surface area contributed by atoms with E-state index < -0.39 is 0 Å². The Labute approximate surface area is 87.5 Å². The van der Waals surface area contributed by atoms with Gasteiger partial charge in [-0.05, 0) is 54.4 Å². The molecule has 1 aromatic carbocycles. The highest BCUT2D eigenvalue weighted by Gasteiger charge is 2.43. The monoisotopic (exact) mass is 236 g/mol. The Morgan fingerprint density at radius 3 is 2.69 bits per heavy atom. The molecule has 0 radical (unpaired) electrons. The van der Waals surface area contributed by atoms with Crippen molar-refractivity contribution >= 4 is 15.9 Å². The SMILES string of the molecule is Brc1ccc2c(c1)C1(CCC1)CC2. The Bertz CT molecular complexity index is 350. The molecule has 0 aliphatic heterocycles. The zero-order valence-corrected chi connectivity index (χ0v) is 9.23. The summed E-state index contributed by atoms with van der Waals surface area (Å²) in [7, 11) is 0. The zero-order valence-electron chi connectivity index (χ0n) is 7.65. The van der Waals surface area contributed by atoms with Crippen LogP contribution < -0.4 is 0 Å². The number of hydrogen-bond acceptors (Lipinski definition) is 0. The van der Waals surface area contributed by atoms with Crippen molar-refractivity contribution in [2.24, 2.45) is 0 Å². The number of benzene rings is 1. The molecule has 1 aromatic rings. The van der Waals surface area contributed by atoms with Crippen molar-refractivity contribution in [3.8, 4) is 0 Å². The second-order valence-corrected chi connectivity index (χ2v) is 5.35. The van der Waals surface area contributed by atoms with E-state index in [4.69, 9.17) is 0 Å². The van der Waals surface area contributed by atoms with Gasteiger partial charge in [-0.25, -0.2) is 0 Å². The van der Waals surface area contributed by atoms with E-state index in [1.165, 1.54) is 36.6 Å². The van der Waals surface area contributed by atoms with E-state index in [1.54, 1.807) is 11.1 Å². The van der Waals surface area contributed by atoms with Gasteiger partial charge in [0.15, 0.2) is 0 Å². The molecule has 13 heavy (non-hydrogen) atoms. The summed E-state index contributed by atoms with van der Waals surface area (Å²) in [4.78, 5) is 0. The van der Waals surface area contributed by atoms with E-state index in [-0.39, 0.29) is 0 Å². The third-order valence-electron chi connectivity index (χ3n) is 3.83. The molecule has 1 spiro atoms. The van der Waals surface area contributed by atoms with Crippen LogP contribution in [0.15, 0.2) is 22.7 Å². The van der Waals surface area contributed by atoms with Gasteiger partial charge >= 0.3 is 0 Å². The smallest absolute Gasteiger partial charge is 0.0178 e. The molecule has 68 valence electrons. The molecule has 0 nitrogen and oxygen atoms in total. The number of aryl methyl sites for hydroxylation is 1. The lowest BCUT2D eigenvalue weighted by atomic mass is 9.65. The first-order valence-electron chi connectivity index (χ1n) is 5.09. The van der Waals surface area contributed by atoms with E-state index >= 15 is 0 Å². The lowest BCUT2D eigenvalue weighted by Gasteiger charge is -2.39. The Balaban J connectivity index is 2.14. The van der Waals surface area contributed by atoms with E-state index in [9.17, 15) is 0 Å². The second kappa shape index (κ2) is 2.60. The largest absolute Gasteiger partial charge is 0.0576 e. The molecule has 0 saturated heterocycles. The lowest BCUT2D eigenvalue weighted by Crippen LogP contribution is -2.31. The van der Waals surface area contributed by atoms with Crippen LogP contribution in [-0.2, 0) is 11.8 Å². The molecule has 1 fully saturated rings. The van der Waals surface area contributed by atoms with Crippen molar-refractivity contribution in [2.45, 2.75) is 37.5 Å². The van der Waals surface area contributed by atoms with Gasteiger partial charge in [0, 0.05) is 4.47 Å². The van der Waals surface area contributed by atoms with Crippen LogP contribution in [0.25, 0.3) is 0 Å². The summed E-state index contributed by atoms with van der Waals surface area (Å²) in [6.07, 6.45) is 7.00. The fourth-order valence-corrected chi connectivity index (χ4v) is 3.25. The fourth-order valence-electron chi connectivity index (χ4n) is 2.89. The van der Waals surface area contributed by atoms with Gasteiger partial charge in [-0.2, -0.15) is 0 Å². The van der Waals surface area contributed by atoms with Crippen LogP contribution in [0.3, 0.4) is 0 Å². The van der Waals surface area contributed by atoms with Crippen LogP contribution in [0, 0.1) is 0 Å². The summed E-state index contributed by atoms with van der Waals surface area (Å²) in [6.45, 7) is 0. The van der Waals surface area contributed by atoms with Crippen molar-refractivity contribution in [2.75, 3.05) is 0 Å². The Hall–Kier alpha value is -0.300. The van der Waals surface area contributed by atoms with Crippen molar-refractivity contribution in [1.82, 2.24) is 0 Å². The Kier molecular flexibility index (Phi) is 1.61. The average Bonchev–Trinajstić information content (AvgIpc) is 2.41. The molecule has 0 unspecified atom stereocenters. The topological polar surface area (TPSA) is 0 Å². The van der Waals surface area contributed by atoms with Gasteiger partial charge in [0.25, 0.3) is 0 Å². The molecule has 1 heteroatoms. The van der Waals surface area contributed by atoms with Crippen molar-refractivity contribution < 1.29 is 0 Å². The highest BCUT2D eigenvalue weighted by Crippen LogP contribution is 2.52. The van der Waals surface area contributed by atoms with Crippen LogP contribution >= 0.6 is 15.9 Å². The number of rotatable bonds is 0. The fraction of sp³-hybridized carbons (Fsp3) is 0.500. The molecule has 0 heterocycles. The second-order valence-electron chi connectivity index (χ2n) is 4.44. The highest BCUT2D eigenvalue weighted by molar-refractivity contribution is 9.10. The van der Waals surface area contributed by atoms with E-state index in [2.05, 4.69) is 34.1 Å². The van der Waals surface area contributed by atoms with E-state index in [1.807, 2.05) is 0 Å². The highest BCUT2D eigenvalue weighted by atomic mass is 79.9. The van der Waals surface area contributed by atoms with Crippen LogP contribution in [0.2, 0.25) is 0 Å². The van der Waals surface area contributed by atoms with Crippen molar-refractivity contribution in [3.05, 3.63) is 33.8 Å². The van der Waals surface area contributed by atoms with Gasteiger partial charge in [0.05, 0.1) is 0 Å². The molecular weight excluding hydrogens is 224 g/mol. The Morgan fingerprint density at radius 1 is 1.15 bits per heavy atom. The minimum atomic E-state index is 0.610. The van der Waals surface area contributed by atoms with Crippen LogP contribution in [0.5, 0.6) is 0 Å². The van der Waals surface area contributed by atoms with Crippen molar-refractivity contribution in [3.63, 3.8) is 0 Å². The van der Waals surface area contributed by atoms with Gasteiger partial charge in [0.2, 0.25) is 0 Å². The number of fused-ring (bicyclic) bond motifs is 2. The molecule has 1 saturated carbocycles. The standard InChI is InChI=1S/C12H13Br/c13-10-3-2-9-4-7-12(5-1-6-12)11(9)8-10/h2-3,8H,1,4-7H2. The third-order valence-corrected chi connectivity index (χ3v) is 4.32. The summed E-state index contributed by atoms with van der Waals surface area (Å²) in [5, 5.41) is 0. The summed E-state index contributed by atoms with van der Waals surface area (Å²) in [6, 6.07) is 6.82. The summed E-state index contributed by atoms with van der Waals surface area (Å²) < 4.78 is 1.25. The van der Waals surface area contributed by atoms with Gasteiger partial charge < -0.3 is 0 Å². The van der Waals surface area contributed by atoms with Crippen LogP contribution in [-0.4, -0.2) is 0 Å². The quantitative estimate of drug-likeness (QED) is 0.643. The first-order chi connectivity index (χ1) is 6.30. The third kappa shape index (κ3) is 1.03. The van der Waals surface area contributed by atoms with E-state index in [0.717, 1.165) is 0 Å². The lowest BCUT2D eigenvalue weighted by molar-refractivity contribution is 0.243. The number of hydrogen-bond donors (Lipinski definition) is 0. The molecule has 0 atom stereocenters. The molecule has 2 aliphatic rings. The summed E-state index contributed by atoms with van der Waals surface area (Å²) in [5.74, 6) is 0. The molecular formula is C12H13Br. The predicted molar refractivity (Wildman–Crippen MR) is 58.0 cm³/mol. The van der Waals surface area contributed by atoms with Gasteiger partial charge in [-0.1, -0.05) is 28.4 Å². The molecule has 0 N–H and O–H groups in total. The minimum Gasteiger partial charge on any atom is -0.0576 e. The first-order valence-corrected chi connectivity index (χ1v) is 5.88. The van der Waals surface area contributed by atoms with Crippen LogP contribution in [0.1, 0.15) is 36.8 Å². The molecule has 3 rings (SSSR count). The normalized spacial score (nSPS) is 22.8. The van der Waals surface area contributed by atoms with Crippen molar-refractivity contribution in [1.29, 1.82) is 0 Å². The summed E-state index contributed by atoms with van der Waals surface area (Å²) in [5.41, 5.74) is 3.86. The van der Waals surface area contributed by atoms with Gasteiger partial charge in [-0.15, -0.1) is 0 Å². The molecule has 0 aromatic heterocycles. The summed E-state index contributed by atoms with van der Waals surface area (Å²) >= 11 is 3.57. The molecule has 0 amide bonds. The maximum atomic E-state index is 3.57. The zero-order chi connectivity index (χ0) is 8.89. The average molecular weight is 237 g/mol. The Morgan fingerprint density at radius 2 is 2.00 bits per heavy atom.